The topological polar surface area (TPSA) is 40.5 Å². The summed E-state index contributed by atoms with van der Waals surface area (Å²) in [4.78, 5) is 0. The summed E-state index contributed by atoms with van der Waals surface area (Å²) in [5.41, 5.74) is 7.65. The summed E-state index contributed by atoms with van der Waals surface area (Å²) < 4.78 is 0. The van der Waals surface area contributed by atoms with Gasteiger partial charge in [0.05, 0.1) is 5.41 Å². The molecule has 1 aliphatic carbocycles. The first-order valence-electron chi connectivity index (χ1n) is 10.8. The van der Waals surface area contributed by atoms with Crippen LogP contribution in [0.25, 0.3) is 21.9 Å². The molecular formula is C30H22O2. The Morgan fingerprint density at radius 3 is 2.00 bits per heavy atom. The Bertz CT molecular complexity index is 1500. The van der Waals surface area contributed by atoms with Crippen molar-refractivity contribution in [1.82, 2.24) is 0 Å². The quantitative estimate of drug-likeness (QED) is 0.323. The number of benzene rings is 5. The van der Waals surface area contributed by atoms with Crippen LogP contribution in [0.2, 0.25) is 0 Å². The number of fused-ring (bicyclic) bond motifs is 4. The number of hydrogen-bond acceptors (Lipinski definition) is 2. The number of aromatic hydroxyl groups is 2. The van der Waals surface area contributed by atoms with E-state index in [9.17, 15) is 10.2 Å². The highest BCUT2D eigenvalue weighted by Gasteiger charge is 2.46. The van der Waals surface area contributed by atoms with E-state index in [4.69, 9.17) is 0 Å². The fourth-order valence-corrected chi connectivity index (χ4v) is 5.33. The van der Waals surface area contributed by atoms with Gasteiger partial charge in [-0.3, -0.25) is 0 Å². The van der Waals surface area contributed by atoms with Crippen LogP contribution in [0.5, 0.6) is 11.5 Å². The normalized spacial score (nSPS) is 16.7. The van der Waals surface area contributed by atoms with Gasteiger partial charge in [0, 0.05) is 0 Å². The second kappa shape index (κ2) is 6.73. The number of phenolic OH excluding ortho intramolecular Hbond substituents is 2. The Kier molecular flexibility index (Phi) is 3.93. The molecule has 0 bridgehead atoms. The zero-order valence-corrected chi connectivity index (χ0v) is 17.7. The lowest BCUT2D eigenvalue weighted by Gasteiger charge is -2.34. The average Bonchev–Trinajstić information content (AvgIpc) is 3.10. The monoisotopic (exact) mass is 414 g/mol. The predicted molar refractivity (Wildman–Crippen MR) is 129 cm³/mol. The van der Waals surface area contributed by atoms with E-state index in [0.29, 0.717) is 0 Å². The van der Waals surface area contributed by atoms with Crippen molar-refractivity contribution in [3.8, 4) is 22.6 Å². The molecule has 0 spiro atoms. The van der Waals surface area contributed by atoms with Gasteiger partial charge in [0.15, 0.2) is 0 Å². The van der Waals surface area contributed by atoms with Crippen LogP contribution in [0, 0.1) is 6.92 Å². The molecule has 0 aliphatic heterocycles. The predicted octanol–water partition coefficient (Wildman–Crippen LogP) is 6.92. The van der Waals surface area contributed by atoms with Crippen molar-refractivity contribution < 1.29 is 10.2 Å². The standard InChI is InChI=1S/C30H22O2/c1-19-6-10-22(11-7-19)30(23-12-8-21-17-24(31)13-9-20(21)16-23)28-5-3-2-4-26(28)27-18-25(32)14-15-29(27)30/h2-18,31-32H,1H3. The lowest BCUT2D eigenvalue weighted by atomic mass is 9.67. The fourth-order valence-electron chi connectivity index (χ4n) is 5.33. The number of rotatable bonds is 2. The number of hydrogen-bond donors (Lipinski definition) is 2. The van der Waals surface area contributed by atoms with Crippen molar-refractivity contribution in [3.63, 3.8) is 0 Å². The molecule has 1 unspecified atom stereocenters. The van der Waals surface area contributed by atoms with E-state index < -0.39 is 5.41 Å². The van der Waals surface area contributed by atoms with Crippen LogP contribution in [-0.4, -0.2) is 10.2 Å². The summed E-state index contributed by atoms with van der Waals surface area (Å²) in [6, 6.07) is 35.0. The van der Waals surface area contributed by atoms with Crippen LogP contribution in [-0.2, 0) is 5.41 Å². The molecule has 0 amide bonds. The minimum atomic E-state index is -0.501. The molecule has 5 aromatic carbocycles. The maximum atomic E-state index is 10.3. The summed E-state index contributed by atoms with van der Waals surface area (Å²) in [7, 11) is 0. The lowest BCUT2D eigenvalue weighted by molar-refractivity contribution is 0.475. The molecule has 2 heteroatoms. The minimum Gasteiger partial charge on any atom is -0.508 e. The molecule has 154 valence electrons. The summed E-state index contributed by atoms with van der Waals surface area (Å²) >= 11 is 0. The third kappa shape index (κ3) is 2.53. The van der Waals surface area contributed by atoms with E-state index in [0.717, 1.165) is 27.5 Å². The number of phenols is 2. The van der Waals surface area contributed by atoms with Gasteiger partial charge in [-0.1, -0.05) is 78.4 Å². The second-order valence-corrected chi connectivity index (χ2v) is 8.64. The Labute approximate surface area is 187 Å². The molecule has 2 N–H and O–H groups in total. The Morgan fingerprint density at radius 2 is 1.16 bits per heavy atom. The van der Waals surface area contributed by atoms with Crippen LogP contribution in [0.15, 0.2) is 103 Å². The molecule has 2 nitrogen and oxygen atoms in total. The minimum absolute atomic E-state index is 0.269. The van der Waals surface area contributed by atoms with Gasteiger partial charge in [-0.2, -0.15) is 0 Å². The first kappa shape index (κ1) is 18.7. The summed E-state index contributed by atoms with van der Waals surface area (Å²) in [5.74, 6) is 0.540. The van der Waals surface area contributed by atoms with Crippen molar-refractivity contribution in [1.29, 1.82) is 0 Å². The third-order valence-corrected chi connectivity index (χ3v) is 6.77. The van der Waals surface area contributed by atoms with Gasteiger partial charge in [0.1, 0.15) is 11.5 Å². The van der Waals surface area contributed by atoms with Crippen LogP contribution in [0.3, 0.4) is 0 Å². The van der Waals surface area contributed by atoms with Crippen molar-refractivity contribution in [2.75, 3.05) is 0 Å². The maximum Gasteiger partial charge on any atom is 0.116 e. The molecule has 1 atom stereocenters. The fraction of sp³-hybridized carbons (Fsp3) is 0.0667. The van der Waals surface area contributed by atoms with Crippen molar-refractivity contribution in [2.45, 2.75) is 12.3 Å². The molecule has 6 rings (SSSR count). The molecule has 5 aromatic rings. The first-order valence-corrected chi connectivity index (χ1v) is 10.8. The Balaban J connectivity index is 1.76. The molecule has 0 saturated heterocycles. The zero-order chi connectivity index (χ0) is 21.9. The lowest BCUT2D eigenvalue weighted by Crippen LogP contribution is -2.28. The average molecular weight is 415 g/mol. The second-order valence-electron chi connectivity index (χ2n) is 8.64. The summed E-state index contributed by atoms with van der Waals surface area (Å²) in [6.07, 6.45) is 0. The number of aryl methyl sites for hydroxylation is 1. The van der Waals surface area contributed by atoms with E-state index in [1.807, 2.05) is 12.1 Å². The van der Waals surface area contributed by atoms with E-state index in [-0.39, 0.29) is 11.5 Å². The molecule has 1 aliphatic rings. The van der Waals surface area contributed by atoms with Gasteiger partial charge in [-0.25, -0.2) is 0 Å². The van der Waals surface area contributed by atoms with E-state index in [2.05, 4.69) is 79.7 Å². The highest BCUT2D eigenvalue weighted by atomic mass is 16.3. The van der Waals surface area contributed by atoms with Gasteiger partial charge in [0.2, 0.25) is 0 Å². The van der Waals surface area contributed by atoms with Crippen LogP contribution in [0.1, 0.15) is 27.8 Å². The Morgan fingerprint density at radius 1 is 0.531 bits per heavy atom. The molecular weight excluding hydrogens is 392 g/mol. The molecule has 32 heavy (non-hydrogen) atoms. The van der Waals surface area contributed by atoms with E-state index in [1.54, 1.807) is 18.2 Å². The molecule has 0 saturated carbocycles. The van der Waals surface area contributed by atoms with Crippen LogP contribution in [0.4, 0.5) is 0 Å². The van der Waals surface area contributed by atoms with Gasteiger partial charge in [-0.15, -0.1) is 0 Å². The SMILES string of the molecule is Cc1ccc(C2(c3ccc4cc(O)ccc4c3)c3ccccc3-c3cc(O)ccc32)cc1. The largest absolute Gasteiger partial charge is 0.508 e. The van der Waals surface area contributed by atoms with Gasteiger partial charge in [-0.05, 0) is 81.4 Å². The van der Waals surface area contributed by atoms with Crippen LogP contribution >= 0.6 is 0 Å². The van der Waals surface area contributed by atoms with E-state index in [1.165, 1.54) is 22.3 Å². The summed E-state index contributed by atoms with van der Waals surface area (Å²) in [5, 5.41) is 22.3. The van der Waals surface area contributed by atoms with Crippen molar-refractivity contribution in [2.24, 2.45) is 0 Å². The zero-order valence-electron chi connectivity index (χ0n) is 17.7. The molecule has 0 fully saturated rings. The smallest absolute Gasteiger partial charge is 0.116 e. The van der Waals surface area contributed by atoms with Crippen molar-refractivity contribution >= 4 is 10.8 Å². The first-order chi connectivity index (χ1) is 15.6. The highest BCUT2D eigenvalue weighted by Crippen LogP contribution is 2.56. The molecule has 0 radical (unpaired) electrons. The third-order valence-electron chi connectivity index (χ3n) is 6.77. The highest BCUT2D eigenvalue weighted by molar-refractivity contribution is 5.90. The van der Waals surface area contributed by atoms with Gasteiger partial charge < -0.3 is 10.2 Å². The van der Waals surface area contributed by atoms with E-state index >= 15 is 0 Å². The maximum absolute atomic E-state index is 10.3. The van der Waals surface area contributed by atoms with Crippen molar-refractivity contribution in [3.05, 3.63) is 131 Å². The summed E-state index contributed by atoms with van der Waals surface area (Å²) in [6.45, 7) is 2.10. The van der Waals surface area contributed by atoms with Gasteiger partial charge in [0.25, 0.3) is 0 Å². The van der Waals surface area contributed by atoms with Gasteiger partial charge >= 0.3 is 0 Å². The molecule has 0 heterocycles. The molecule has 0 aromatic heterocycles. The van der Waals surface area contributed by atoms with Crippen LogP contribution < -0.4 is 0 Å². The Hall–Kier alpha value is -4.04.